The first-order valence-electron chi connectivity index (χ1n) is 5.89. The van der Waals surface area contributed by atoms with Gasteiger partial charge in [0.15, 0.2) is 5.11 Å². The highest BCUT2D eigenvalue weighted by Crippen LogP contribution is 2.31. The van der Waals surface area contributed by atoms with Gasteiger partial charge >= 0.3 is 0 Å². The molecule has 0 spiro atoms. The Morgan fingerprint density at radius 1 is 1.53 bits per heavy atom. The molecule has 0 saturated carbocycles. The number of hydrogen-bond donors (Lipinski definition) is 1. The van der Waals surface area contributed by atoms with E-state index in [1.54, 1.807) is 0 Å². The van der Waals surface area contributed by atoms with Gasteiger partial charge in [-0.05, 0) is 44.1 Å². The average molecular weight is 246 g/mol. The van der Waals surface area contributed by atoms with Crippen molar-refractivity contribution in [1.29, 1.82) is 0 Å². The highest BCUT2D eigenvalue weighted by Gasteiger charge is 2.28. The van der Waals surface area contributed by atoms with Crippen LogP contribution in [0.1, 0.15) is 19.4 Å². The van der Waals surface area contributed by atoms with Crippen molar-refractivity contribution in [1.82, 2.24) is 5.32 Å². The Morgan fingerprint density at radius 3 is 2.94 bits per heavy atom. The summed E-state index contributed by atoms with van der Waals surface area (Å²) in [6.07, 6.45) is 1.06. The molecule has 90 valence electrons. The number of para-hydroxylation sites is 1. The Balaban J connectivity index is 2.16. The minimum atomic E-state index is 0.428. The molecule has 1 atom stereocenters. The Hall–Kier alpha value is -1.35. The molecule has 1 aromatic rings. The van der Waals surface area contributed by atoms with Crippen molar-refractivity contribution in [3.05, 3.63) is 42.0 Å². The van der Waals surface area contributed by atoms with E-state index in [4.69, 9.17) is 12.2 Å². The van der Waals surface area contributed by atoms with Gasteiger partial charge in [-0.15, -0.1) is 0 Å². The molecule has 2 nitrogen and oxygen atoms in total. The molecule has 2 rings (SSSR count). The quantitative estimate of drug-likeness (QED) is 0.638. The fourth-order valence-electron chi connectivity index (χ4n) is 2.19. The van der Waals surface area contributed by atoms with Gasteiger partial charge in [0.05, 0.1) is 0 Å². The molecule has 1 aliphatic rings. The van der Waals surface area contributed by atoms with Crippen molar-refractivity contribution in [2.75, 3.05) is 11.4 Å². The maximum absolute atomic E-state index is 5.46. The Labute approximate surface area is 108 Å². The van der Waals surface area contributed by atoms with Gasteiger partial charge < -0.3 is 10.2 Å². The number of benzene rings is 1. The molecule has 0 unspecified atom stereocenters. The number of hydrogen-bond acceptors (Lipinski definition) is 1. The summed E-state index contributed by atoms with van der Waals surface area (Å²) in [6, 6.07) is 8.88. The van der Waals surface area contributed by atoms with Crippen molar-refractivity contribution < 1.29 is 0 Å². The van der Waals surface area contributed by atoms with E-state index >= 15 is 0 Å². The lowest BCUT2D eigenvalue weighted by molar-refractivity contribution is 0.761. The number of nitrogens with one attached hydrogen (secondary N) is 1. The molecule has 1 aliphatic heterocycles. The third-order valence-corrected chi connectivity index (χ3v) is 3.31. The Bertz CT molecular complexity index is 453. The van der Waals surface area contributed by atoms with Gasteiger partial charge in [0.2, 0.25) is 0 Å². The van der Waals surface area contributed by atoms with Crippen LogP contribution in [-0.2, 0) is 6.42 Å². The lowest BCUT2D eigenvalue weighted by atomic mass is 10.1. The standard InChI is InChI=1S/C14H18N2S/c1-10(2)9-15-14(17)16-11(3)8-12-6-4-5-7-13(12)16/h4-7,11H,1,8-9H2,2-3H3,(H,15,17)/t11-/m0/s1. The second-order valence-corrected chi connectivity index (χ2v) is 5.05. The first kappa shape index (κ1) is 12.1. The van der Waals surface area contributed by atoms with E-state index in [0.717, 1.165) is 23.7 Å². The normalized spacial score (nSPS) is 17.8. The summed E-state index contributed by atoms with van der Waals surface area (Å²) in [5.74, 6) is 0. The van der Waals surface area contributed by atoms with Crippen molar-refractivity contribution >= 4 is 23.0 Å². The molecule has 0 aromatic heterocycles. The highest BCUT2D eigenvalue weighted by molar-refractivity contribution is 7.80. The van der Waals surface area contributed by atoms with Crippen LogP contribution in [0.15, 0.2) is 36.4 Å². The summed E-state index contributed by atoms with van der Waals surface area (Å²) in [4.78, 5) is 2.20. The Morgan fingerprint density at radius 2 is 2.24 bits per heavy atom. The smallest absolute Gasteiger partial charge is 0.173 e. The molecule has 0 amide bonds. The molecule has 0 fully saturated rings. The van der Waals surface area contributed by atoms with Crippen LogP contribution in [0.5, 0.6) is 0 Å². The van der Waals surface area contributed by atoms with E-state index in [0.29, 0.717) is 6.04 Å². The third kappa shape index (κ3) is 2.50. The summed E-state index contributed by atoms with van der Waals surface area (Å²) in [7, 11) is 0. The van der Waals surface area contributed by atoms with Crippen LogP contribution in [0.4, 0.5) is 5.69 Å². The molecule has 0 bridgehead atoms. The van der Waals surface area contributed by atoms with E-state index in [2.05, 4.69) is 48.0 Å². The third-order valence-electron chi connectivity index (χ3n) is 2.97. The SMILES string of the molecule is C=C(C)CNC(=S)N1c2ccccc2C[C@@H]1C. The van der Waals surface area contributed by atoms with Gasteiger partial charge in [0, 0.05) is 18.3 Å². The van der Waals surface area contributed by atoms with Crippen molar-refractivity contribution in [2.45, 2.75) is 26.3 Å². The number of rotatable bonds is 2. The second kappa shape index (κ2) is 4.88. The van der Waals surface area contributed by atoms with Crippen LogP contribution in [0.25, 0.3) is 0 Å². The van der Waals surface area contributed by atoms with Crippen LogP contribution < -0.4 is 10.2 Å². The molecular formula is C14H18N2S. The van der Waals surface area contributed by atoms with E-state index in [-0.39, 0.29) is 0 Å². The van der Waals surface area contributed by atoms with Crippen molar-refractivity contribution in [2.24, 2.45) is 0 Å². The summed E-state index contributed by atoms with van der Waals surface area (Å²) in [5, 5.41) is 4.05. The zero-order valence-electron chi connectivity index (χ0n) is 10.4. The van der Waals surface area contributed by atoms with E-state index < -0.39 is 0 Å². The second-order valence-electron chi connectivity index (χ2n) is 4.67. The van der Waals surface area contributed by atoms with Gasteiger partial charge in [-0.2, -0.15) is 0 Å². The van der Waals surface area contributed by atoms with Crippen LogP contribution in [-0.4, -0.2) is 17.7 Å². The summed E-state index contributed by atoms with van der Waals surface area (Å²) < 4.78 is 0. The largest absolute Gasteiger partial charge is 0.359 e. The van der Waals surface area contributed by atoms with E-state index in [1.165, 1.54) is 11.3 Å². The van der Waals surface area contributed by atoms with Gasteiger partial charge in [-0.3, -0.25) is 0 Å². The van der Waals surface area contributed by atoms with E-state index in [9.17, 15) is 0 Å². The molecule has 1 heterocycles. The fraction of sp³-hybridized carbons (Fsp3) is 0.357. The maximum Gasteiger partial charge on any atom is 0.173 e. The number of thiocarbonyl (C=S) groups is 1. The predicted octanol–water partition coefficient (Wildman–Crippen LogP) is 2.89. The molecular weight excluding hydrogens is 228 g/mol. The molecule has 1 N–H and O–H groups in total. The van der Waals surface area contributed by atoms with Gasteiger partial charge in [0.1, 0.15) is 0 Å². The maximum atomic E-state index is 5.46. The number of nitrogens with zero attached hydrogens (tertiary/aromatic N) is 1. The molecule has 17 heavy (non-hydrogen) atoms. The van der Waals surface area contributed by atoms with Crippen molar-refractivity contribution in [3.8, 4) is 0 Å². The monoisotopic (exact) mass is 246 g/mol. The van der Waals surface area contributed by atoms with Crippen molar-refractivity contribution in [3.63, 3.8) is 0 Å². The van der Waals surface area contributed by atoms with Crippen LogP contribution in [0, 0.1) is 0 Å². The lowest BCUT2D eigenvalue weighted by Crippen LogP contribution is -2.43. The average Bonchev–Trinajstić information content (AvgIpc) is 2.61. The van der Waals surface area contributed by atoms with Crippen LogP contribution in [0.3, 0.4) is 0 Å². The summed E-state index contributed by atoms with van der Waals surface area (Å²) >= 11 is 5.46. The van der Waals surface area contributed by atoms with Crippen LogP contribution in [0.2, 0.25) is 0 Å². The number of anilines is 1. The fourth-order valence-corrected chi connectivity index (χ4v) is 2.54. The molecule has 0 radical (unpaired) electrons. The van der Waals surface area contributed by atoms with Gasteiger partial charge in [0.25, 0.3) is 0 Å². The zero-order valence-corrected chi connectivity index (χ0v) is 11.2. The topological polar surface area (TPSA) is 15.3 Å². The predicted molar refractivity (Wildman–Crippen MR) is 77.5 cm³/mol. The van der Waals surface area contributed by atoms with Crippen LogP contribution >= 0.6 is 12.2 Å². The zero-order chi connectivity index (χ0) is 12.4. The minimum absolute atomic E-state index is 0.428. The van der Waals surface area contributed by atoms with Gasteiger partial charge in [-0.1, -0.05) is 30.4 Å². The summed E-state index contributed by atoms with van der Waals surface area (Å²) in [5.41, 5.74) is 3.70. The first-order valence-corrected chi connectivity index (χ1v) is 6.29. The minimum Gasteiger partial charge on any atom is -0.359 e. The lowest BCUT2D eigenvalue weighted by Gasteiger charge is -2.26. The van der Waals surface area contributed by atoms with Gasteiger partial charge in [-0.25, -0.2) is 0 Å². The number of fused-ring (bicyclic) bond motifs is 1. The molecule has 1 aromatic carbocycles. The molecule has 3 heteroatoms. The summed E-state index contributed by atoms with van der Waals surface area (Å²) in [6.45, 7) is 8.82. The van der Waals surface area contributed by atoms with E-state index in [1.807, 2.05) is 6.92 Å². The molecule has 0 aliphatic carbocycles. The first-order chi connectivity index (χ1) is 8.09. The highest BCUT2D eigenvalue weighted by atomic mass is 32.1. The Kier molecular flexibility index (Phi) is 3.48. The molecule has 0 saturated heterocycles.